The lowest BCUT2D eigenvalue weighted by atomic mass is 9.98. The maximum atomic E-state index is 6.36. The number of likely N-dealkylation sites (tertiary alicyclic amines) is 2. The molecule has 2 aliphatic rings. The predicted molar refractivity (Wildman–Crippen MR) is 68.5 cm³/mol. The molecule has 94 valence electrons. The Morgan fingerprint density at radius 1 is 1.12 bits per heavy atom. The highest BCUT2D eigenvalue weighted by Crippen LogP contribution is 2.20. The van der Waals surface area contributed by atoms with Crippen molar-refractivity contribution < 1.29 is 0 Å². The topological polar surface area (TPSA) is 32.5 Å². The second-order valence-corrected chi connectivity index (χ2v) is 5.47. The maximum Gasteiger partial charge on any atom is 0.0209 e. The summed E-state index contributed by atoms with van der Waals surface area (Å²) < 4.78 is 0. The molecule has 16 heavy (non-hydrogen) atoms. The van der Waals surface area contributed by atoms with E-state index in [9.17, 15) is 0 Å². The number of hydrogen-bond donors (Lipinski definition) is 1. The molecule has 0 aromatic carbocycles. The Balaban J connectivity index is 1.72. The van der Waals surface area contributed by atoms with Crippen LogP contribution in [0.15, 0.2) is 0 Å². The largest absolute Gasteiger partial charge is 0.326 e. The fraction of sp³-hybridized carbons (Fsp3) is 1.00. The second-order valence-electron chi connectivity index (χ2n) is 5.47. The molecular formula is C13H27N3. The summed E-state index contributed by atoms with van der Waals surface area (Å²) >= 11 is 0. The van der Waals surface area contributed by atoms with Crippen molar-refractivity contribution in [1.82, 2.24) is 9.80 Å². The zero-order valence-corrected chi connectivity index (χ0v) is 10.7. The third-order valence-electron chi connectivity index (χ3n) is 4.28. The monoisotopic (exact) mass is 225 g/mol. The number of rotatable bonds is 4. The van der Waals surface area contributed by atoms with Gasteiger partial charge in [0.2, 0.25) is 0 Å². The van der Waals surface area contributed by atoms with Gasteiger partial charge in [-0.2, -0.15) is 0 Å². The minimum Gasteiger partial charge on any atom is -0.326 e. The summed E-state index contributed by atoms with van der Waals surface area (Å²) in [6.07, 6.45) is 5.47. The van der Waals surface area contributed by atoms with Gasteiger partial charge < -0.3 is 15.5 Å². The maximum absolute atomic E-state index is 6.36. The molecule has 0 saturated carbocycles. The van der Waals surface area contributed by atoms with E-state index in [1.165, 1.54) is 58.4 Å². The van der Waals surface area contributed by atoms with Crippen molar-refractivity contribution in [1.29, 1.82) is 0 Å². The van der Waals surface area contributed by atoms with Gasteiger partial charge in [-0.15, -0.1) is 0 Å². The molecule has 2 fully saturated rings. The van der Waals surface area contributed by atoms with Crippen LogP contribution in [0.5, 0.6) is 0 Å². The van der Waals surface area contributed by atoms with Crippen LogP contribution in [0, 0.1) is 5.92 Å². The Hall–Kier alpha value is -0.120. The molecule has 2 rings (SSSR count). The van der Waals surface area contributed by atoms with E-state index in [4.69, 9.17) is 5.73 Å². The molecule has 0 radical (unpaired) electrons. The summed E-state index contributed by atoms with van der Waals surface area (Å²) in [5.74, 6) is 0.738. The van der Waals surface area contributed by atoms with Gasteiger partial charge in [0.25, 0.3) is 0 Å². The lowest BCUT2D eigenvalue weighted by Gasteiger charge is -2.31. The number of piperidine rings is 1. The van der Waals surface area contributed by atoms with Crippen LogP contribution in [0.3, 0.4) is 0 Å². The number of hydrogen-bond acceptors (Lipinski definition) is 3. The average Bonchev–Trinajstić information content (AvgIpc) is 2.79. The molecule has 0 aromatic heterocycles. The van der Waals surface area contributed by atoms with Gasteiger partial charge in [-0.3, -0.25) is 0 Å². The highest BCUT2D eigenvalue weighted by atomic mass is 15.2. The SMILES string of the molecule is CCN1CCC(C(N)CN2CCCCC2)C1. The summed E-state index contributed by atoms with van der Waals surface area (Å²) in [5, 5.41) is 0. The molecular weight excluding hydrogens is 198 g/mol. The van der Waals surface area contributed by atoms with Gasteiger partial charge in [0, 0.05) is 19.1 Å². The van der Waals surface area contributed by atoms with Crippen LogP contribution in [0.1, 0.15) is 32.6 Å². The Bertz CT molecular complexity index is 201. The molecule has 0 amide bonds. The first-order chi connectivity index (χ1) is 7.79. The van der Waals surface area contributed by atoms with Gasteiger partial charge in [0.05, 0.1) is 0 Å². The molecule has 3 heteroatoms. The van der Waals surface area contributed by atoms with Gasteiger partial charge in [-0.1, -0.05) is 13.3 Å². The second kappa shape index (κ2) is 5.99. The molecule has 0 aliphatic carbocycles. The molecule has 2 unspecified atom stereocenters. The van der Waals surface area contributed by atoms with Gasteiger partial charge in [-0.25, -0.2) is 0 Å². The fourth-order valence-electron chi connectivity index (χ4n) is 3.09. The van der Waals surface area contributed by atoms with E-state index in [1.807, 2.05) is 0 Å². The molecule has 2 atom stereocenters. The molecule has 3 nitrogen and oxygen atoms in total. The van der Waals surface area contributed by atoms with Gasteiger partial charge in [0.1, 0.15) is 0 Å². The van der Waals surface area contributed by atoms with Crippen molar-refractivity contribution in [2.24, 2.45) is 11.7 Å². The first-order valence-corrected chi connectivity index (χ1v) is 7.00. The zero-order valence-electron chi connectivity index (χ0n) is 10.7. The van der Waals surface area contributed by atoms with Gasteiger partial charge in [0.15, 0.2) is 0 Å². The third-order valence-corrected chi connectivity index (χ3v) is 4.28. The minimum absolute atomic E-state index is 0.398. The molecule has 0 spiro atoms. The van der Waals surface area contributed by atoms with Crippen molar-refractivity contribution in [2.75, 3.05) is 39.3 Å². The van der Waals surface area contributed by atoms with E-state index < -0.39 is 0 Å². The molecule has 0 bridgehead atoms. The summed E-state index contributed by atoms with van der Waals surface area (Å²) in [6, 6.07) is 0.398. The van der Waals surface area contributed by atoms with E-state index >= 15 is 0 Å². The van der Waals surface area contributed by atoms with Crippen LogP contribution in [0.2, 0.25) is 0 Å². The van der Waals surface area contributed by atoms with E-state index in [0.29, 0.717) is 6.04 Å². The van der Waals surface area contributed by atoms with E-state index in [1.54, 1.807) is 0 Å². The lowest BCUT2D eigenvalue weighted by Crippen LogP contribution is -2.44. The van der Waals surface area contributed by atoms with Crippen molar-refractivity contribution >= 4 is 0 Å². The van der Waals surface area contributed by atoms with Crippen LogP contribution in [-0.4, -0.2) is 55.1 Å². The standard InChI is InChI=1S/C13H27N3/c1-2-15-9-6-12(10-15)13(14)11-16-7-4-3-5-8-16/h12-13H,2-11,14H2,1H3. The predicted octanol–water partition coefficient (Wildman–Crippen LogP) is 1.14. The molecule has 2 saturated heterocycles. The molecule has 2 N–H and O–H groups in total. The fourth-order valence-corrected chi connectivity index (χ4v) is 3.09. The highest BCUT2D eigenvalue weighted by Gasteiger charge is 2.27. The summed E-state index contributed by atoms with van der Waals surface area (Å²) in [7, 11) is 0. The Kier molecular flexibility index (Phi) is 4.62. The minimum atomic E-state index is 0.398. The van der Waals surface area contributed by atoms with Crippen LogP contribution in [0.4, 0.5) is 0 Å². The quantitative estimate of drug-likeness (QED) is 0.779. The highest BCUT2D eigenvalue weighted by molar-refractivity contribution is 4.85. The van der Waals surface area contributed by atoms with Gasteiger partial charge >= 0.3 is 0 Å². The zero-order chi connectivity index (χ0) is 11.4. The van der Waals surface area contributed by atoms with E-state index in [0.717, 1.165) is 12.5 Å². The first-order valence-electron chi connectivity index (χ1n) is 7.00. The smallest absolute Gasteiger partial charge is 0.0209 e. The van der Waals surface area contributed by atoms with Crippen LogP contribution in [-0.2, 0) is 0 Å². The van der Waals surface area contributed by atoms with E-state index in [2.05, 4.69) is 16.7 Å². The summed E-state index contributed by atoms with van der Waals surface area (Å²) in [4.78, 5) is 5.10. The Morgan fingerprint density at radius 3 is 2.50 bits per heavy atom. The van der Waals surface area contributed by atoms with Crippen molar-refractivity contribution in [3.8, 4) is 0 Å². The molecule has 2 heterocycles. The number of nitrogens with two attached hydrogens (primary N) is 1. The normalized spacial score (nSPS) is 30.8. The van der Waals surface area contributed by atoms with Crippen molar-refractivity contribution in [2.45, 2.75) is 38.6 Å². The first kappa shape index (κ1) is 12.3. The third kappa shape index (κ3) is 3.19. The summed E-state index contributed by atoms with van der Waals surface area (Å²) in [5.41, 5.74) is 6.36. The van der Waals surface area contributed by atoms with Crippen LogP contribution < -0.4 is 5.73 Å². The van der Waals surface area contributed by atoms with Gasteiger partial charge in [-0.05, 0) is 51.4 Å². The Labute approximate surface area is 100.0 Å². The van der Waals surface area contributed by atoms with Crippen molar-refractivity contribution in [3.63, 3.8) is 0 Å². The average molecular weight is 225 g/mol. The molecule has 2 aliphatic heterocycles. The van der Waals surface area contributed by atoms with Crippen LogP contribution in [0.25, 0.3) is 0 Å². The number of nitrogens with zero attached hydrogens (tertiary/aromatic N) is 2. The lowest BCUT2D eigenvalue weighted by molar-refractivity contribution is 0.195. The van der Waals surface area contributed by atoms with Crippen LogP contribution >= 0.6 is 0 Å². The summed E-state index contributed by atoms with van der Waals surface area (Å²) in [6.45, 7) is 9.60. The Morgan fingerprint density at radius 2 is 1.88 bits per heavy atom. The molecule has 0 aromatic rings. The van der Waals surface area contributed by atoms with E-state index in [-0.39, 0.29) is 0 Å². The van der Waals surface area contributed by atoms with Crippen molar-refractivity contribution in [3.05, 3.63) is 0 Å².